The molecule has 134 valence electrons. The first kappa shape index (κ1) is 17.7. The Bertz CT molecular complexity index is 828. The van der Waals surface area contributed by atoms with E-state index in [9.17, 15) is 13.2 Å². The minimum atomic E-state index is -3.35. The van der Waals surface area contributed by atoms with Gasteiger partial charge in [0.25, 0.3) is 0 Å². The van der Waals surface area contributed by atoms with E-state index in [1.54, 1.807) is 5.38 Å². The molecule has 9 heteroatoms. The fraction of sp³-hybridized carbons (Fsp3) is 0.375. The first-order valence-corrected chi connectivity index (χ1v) is 10.7. The van der Waals surface area contributed by atoms with E-state index >= 15 is 0 Å². The Morgan fingerprint density at radius 3 is 2.52 bits per heavy atom. The van der Waals surface area contributed by atoms with Gasteiger partial charge in [0.2, 0.25) is 15.9 Å². The van der Waals surface area contributed by atoms with E-state index in [2.05, 4.69) is 26.7 Å². The molecule has 2 heterocycles. The molecule has 0 atom stereocenters. The molecule has 0 bridgehead atoms. The van der Waals surface area contributed by atoms with E-state index in [-0.39, 0.29) is 12.3 Å². The highest BCUT2D eigenvalue weighted by Gasteiger charge is 2.22. The van der Waals surface area contributed by atoms with Crippen LogP contribution >= 0.6 is 11.3 Å². The van der Waals surface area contributed by atoms with E-state index in [0.29, 0.717) is 23.9 Å². The fourth-order valence-electron chi connectivity index (χ4n) is 2.71. The predicted molar refractivity (Wildman–Crippen MR) is 99.5 cm³/mol. The van der Waals surface area contributed by atoms with Crippen molar-refractivity contribution in [1.29, 1.82) is 0 Å². The molecule has 1 aliphatic rings. The van der Waals surface area contributed by atoms with Crippen molar-refractivity contribution in [1.82, 2.24) is 9.88 Å². The number of nitrogens with zero attached hydrogens (tertiary/aromatic N) is 3. The number of nitrogens with one attached hydrogen (secondary N) is 1. The van der Waals surface area contributed by atoms with Crippen molar-refractivity contribution >= 4 is 38.1 Å². The van der Waals surface area contributed by atoms with Crippen LogP contribution in [0.4, 0.5) is 10.8 Å². The van der Waals surface area contributed by atoms with Gasteiger partial charge in [-0.3, -0.25) is 9.52 Å². The zero-order valence-electron chi connectivity index (χ0n) is 13.9. The number of carbonyl (C=O) groups excluding carboxylic acids is 1. The quantitative estimate of drug-likeness (QED) is 0.848. The van der Waals surface area contributed by atoms with Crippen molar-refractivity contribution in [2.24, 2.45) is 0 Å². The predicted octanol–water partition coefficient (Wildman–Crippen LogP) is 1.41. The second-order valence-electron chi connectivity index (χ2n) is 5.90. The van der Waals surface area contributed by atoms with Crippen LogP contribution in [-0.4, -0.2) is 56.6 Å². The highest BCUT2D eigenvalue weighted by atomic mass is 32.2. The Morgan fingerprint density at radius 1 is 1.20 bits per heavy atom. The maximum absolute atomic E-state index is 12.4. The van der Waals surface area contributed by atoms with Gasteiger partial charge < -0.3 is 9.80 Å². The Labute approximate surface area is 151 Å². The summed E-state index contributed by atoms with van der Waals surface area (Å²) >= 11 is 1.18. The van der Waals surface area contributed by atoms with Gasteiger partial charge in [-0.2, -0.15) is 0 Å². The van der Waals surface area contributed by atoms with Crippen molar-refractivity contribution in [2.45, 2.75) is 6.42 Å². The molecule has 1 saturated heterocycles. The van der Waals surface area contributed by atoms with Crippen LogP contribution in [0.2, 0.25) is 0 Å². The Kier molecular flexibility index (Phi) is 5.24. The lowest BCUT2D eigenvalue weighted by Gasteiger charge is -2.36. The van der Waals surface area contributed by atoms with Gasteiger partial charge >= 0.3 is 0 Å². The van der Waals surface area contributed by atoms with E-state index < -0.39 is 10.0 Å². The number of aromatic nitrogens is 1. The number of hydrogen-bond donors (Lipinski definition) is 1. The molecule has 1 aromatic heterocycles. The van der Waals surface area contributed by atoms with Crippen molar-refractivity contribution in [2.75, 3.05) is 42.1 Å². The second-order valence-corrected chi connectivity index (χ2v) is 8.50. The molecule has 1 aromatic carbocycles. The minimum absolute atomic E-state index is 0.0175. The van der Waals surface area contributed by atoms with E-state index in [1.165, 1.54) is 17.0 Å². The molecule has 3 rings (SSSR count). The number of rotatable bonds is 5. The van der Waals surface area contributed by atoms with Crippen LogP contribution in [0.15, 0.2) is 35.7 Å². The van der Waals surface area contributed by atoms with Crippen LogP contribution < -0.4 is 9.62 Å². The van der Waals surface area contributed by atoms with Crippen molar-refractivity contribution in [3.8, 4) is 0 Å². The molecule has 0 unspecified atom stereocenters. The highest BCUT2D eigenvalue weighted by Crippen LogP contribution is 2.19. The van der Waals surface area contributed by atoms with Crippen molar-refractivity contribution in [3.05, 3.63) is 41.4 Å². The first-order chi connectivity index (χ1) is 11.9. The van der Waals surface area contributed by atoms with Gasteiger partial charge in [0, 0.05) is 37.2 Å². The summed E-state index contributed by atoms with van der Waals surface area (Å²) in [5.41, 5.74) is 1.76. The Hall–Kier alpha value is -2.13. The SMILES string of the molecule is CS(=O)(=O)Nc1nc(CC(=O)N2CCN(c3ccccc3)CC2)cs1. The number of sulfonamides is 1. The number of carbonyl (C=O) groups is 1. The van der Waals surface area contributed by atoms with Crippen LogP contribution in [0.3, 0.4) is 0 Å². The zero-order chi connectivity index (χ0) is 17.9. The van der Waals surface area contributed by atoms with Crippen molar-refractivity contribution < 1.29 is 13.2 Å². The van der Waals surface area contributed by atoms with Gasteiger partial charge in [-0.1, -0.05) is 18.2 Å². The Balaban J connectivity index is 1.53. The average Bonchev–Trinajstić information content (AvgIpc) is 3.00. The molecule has 2 aromatic rings. The lowest BCUT2D eigenvalue weighted by atomic mass is 10.2. The van der Waals surface area contributed by atoms with Crippen LogP contribution in [0.1, 0.15) is 5.69 Å². The molecule has 1 aliphatic heterocycles. The average molecular weight is 380 g/mol. The van der Waals surface area contributed by atoms with Crippen LogP contribution in [0, 0.1) is 0 Å². The summed E-state index contributed by atoms with van der Waals surface area (Å²) in [6.45, 7) is 2.94. The fourth-order valence-corrected chi connectivity index (χ4v) is 4.28. The number of para-hydroxylation sites is 1. The van der Waals surface area contributed by atoms with E-state index in [1.807, 2.05) is 23.1 Å². The number of benzene rings is 1. The number of thiazole rings is 1. The van der Waals surface area contributed by atoms with Gasteiger partial charge in [-0.05, 0) is 12.1 Å². The lowest BCUT2D eigenvalue weighted by Crippen LogP contribution is -2.49. The van der Waals surface area contributed by atoms with Gasteiger partial charge in [0.15, 0.2) is 5.13 Å². The van der Waals surface area contributed by atoms with Gasteiger partial charge in [0.1, 0.15) is 0 Å². The van der Waals surface area contributed by atoms with E-state index in [0.717, 1.165) is 19.3 Å². The molecule has 0 spiro atoms. The Morgan fingerprint density at radius 2 is 1.88 bits per heavy atom. The largest absolute Gasteiger partial charge is 0.368 e. The summed E-state index contributed by atoms with van der Waals surface area (Å²) in [6, 6.07) is 10.2. The minimum Gasteiger partial charge on any atom is -0.368 e. The monoisotopic (exact) mass is 380 g/mol. The summed E-state index contributed by atoms with van der Waals surface area (Å²) in [7, 11) is -3.35. The van der Waals surface area contributed by atoms with Crippen LogP contribution in [-0.2, 0) is 21.2 Å². The second kappa shape index (κ2) is 7.40. The lowest BCUT2D eigenvalue weighted by molar-refractivity contribution is -0.130. The standard InChI is InChI=1S/C16H20N4O3S2/c1-25(22,23)18-16-17-13(12-24-16)11-15(21)20-9-7-19(8-10-20)14-5-3-2-4-6-14/h2-6,12H,7-11H2,1H3,(H,17,18). The maximum Gasteiger partial charge on any atom is 0.231 e. The molecular formula is C16H20N4O3S2. The third kappa shape index (κ3) is 4.93. The summed E-state index contributed by atoms with van der Waals surface area (Å²) < 4.78 is 24.7. The molecule has 0 aliphatic carbocycles. The normalized spacial score (nSPS) is 15.2. The van der Waals surface area contributed by atoms with Gasteiger partial charge in [0.05, 0.1) is 18.4 Å². The molecule has 1 fully saturated rings. The maximum atomic E-state index is 12.4. The molecule has 0 saturated carbocycles. The third-order valence-electron chi connectivity index (χ3n) is 3.91. The topological polar surface area (TPSA) is 82.6 Å². The zero-order valence-corrected chi connectivity index (χ0v) is 15.5. The third-order valence-corrected chi connectivity index (χ3v) is 5.41. The molecule has 1 N–H and O–H groups in total. The molecular weight excluding hydrogens is 360 g/mol. The number of anilines is 2. The van der Waals surface area contributed by atoms with Gasteiger partial charge in [-0.25, -0.2) is 13.4 Å². The van der Waals surface area contributed by atoms with Crippen LogP contribution in [0.5, 0.6) is 0 Å². The molecule has 1 amide bonds. The van der Waals surface area contributed by atoms with Crippen molar-refractivity contribution in [3.63, 3.8) is 0 Å². The smallest absolute Gasteiger partial charge is 0.231 e. The molecule has 0 radical (unpaired) electrons. The summed E-state index contributed by atoms with van der Waals surface area (Å²) in [5, 5.41) is 2.00. The number of hydrogen-bond acceptors (Lipinski definition) is 6. The summed E-state index contributed by atoms with van der Waals surface area (Å²) in [6.07, 6.45) is 1.26. The molecule has 7 nitrogen and oxygen atoms in total. The molecule has 25 heavy (non-hydrogen) atoms. The first-order valence-electron chi connectivity index (χ1n) is 7.91. The van der Waals surface area contributed by atoms with E-state index in [4.69, 9.17) is 0 Å². The number of piperazine rings is 1. The summed E-state index contributed by atoms with van der Waals surface area (Å²) in [4.78, 5) is 20.7. The summed E-state index contributed by atoms with van der Waals surface area (Å²) in [5.74, 6) is 0.0175. The van der Waals surface area contributed by atoms with Gasteiger partial charge in [-0.15, -0.1) is 11.3 Å². The van der Waals surface area contributed by atoms with Crippen LogP contribution in [0.25, 0.3) is 0 Å². The highest BCUT2D eigenvalue weighted by molar-refractivity contribution is 7.92. The number of amides is 1.